The Kier molecular flexibility index (Phi) is 4.00. The van der Waals surface area contributed by atoms with Crippen molar-refractivity contribution < 1.29 is 9.53 Å². The Labute approximate surface area is 130 Å². The SMILES string of the molecule is CC(C)COc1ccccc1C1NC(=O)c2ccccc2N1. The average Bonchev–Trinajstić information content (AvgIpc) is 2.53. The van der Waals surface area contributed by atoms with Gasteiger partial charge in [0.15, 0.2) is 0 Å². The second kappa shape index (κ2) is 6.10. The summed E-state index contributed by atoms with van der Waals surface area (Å²) in [5, 5.41) is 6.35. The summed E-state index contributed by atoms with van der Waals surface area (Å²) in [6.07, 6.45) is -0.286. The largest absolute Gasteiger partial charge is 0.493 e. The fourth-order valence-electron chi connectivity index (χ4n) is 2.47. The molecule has 0 spiro atoms. The van der Waals surface area contributed by atoms with E-state index in [0.717, 1.165) is 17.0 Å². The summed E-state index contributed by atoms with van der Waals surface area (Å²) in [7, 11) is 0. The van der Waals surface area contributed by atoms with Crippen LogP contribution in [0.1, 0.15) is 35.9 Å². The molecule has 0 saturated carbocycles. The number of anilines is 1. The highest BCUT2D eigenvalue weighted by Gasteiger charge is 2.26. The molecule has 1 unspecified atom stereocenters. The highest BCUT2D eigenvalue weighted by Crippen LogP contribution is 2.31. The number of fused-ring (bicyclic) bond motifs is 1. The second-order valence-electron chi connectivity index (χ2n) is 5.84. The van der Waals surface area contributed by atoms with E-state index in [0.29, 0.717) is 18.1 Å². The third-order valence-corrected chi connectivity index (χ3v) is 3.55. The molecular formula is C18H20N2O2. The van der Waals surface area contributed by atoms with Gasteiger partial charge in [-0.2, -0.15) is 0 Å². The number of hydrogen-bond acceptors (Lipinski definition) is 3. The molecule has 0 aliphatic carbocycles. The van der Waals surface area contributed by atoms with Gasteiger partial charge in [-0.3, -0.25) is 4.79 Å². The standard InChI is InChI=1S/C18H20N2O2/c1-12(2)11-22-16-10-6-4-8-14(16)17-19-15-9-5-3-7-13(15)18(21)20-17/h3-10,12,17,19H,11H2,1-2H3,(H,20,21). The summed E-state index contributed by atoms with van der Waals surface area (Å²) >= 11 is 0. The molecule has 0 radical (unpaired) electrons. The molecule has 114 valence electrons. The van der Waals surface area contributed by atoms with E-state index < -0.39 is 0 Å². The monoisotopic (exact) mass is 296 g/mol. The van der Waals surface area contributed by atoms with Gasteiger partial charge in [0.05, 0.1) is 12.2 Å². The molecule has 0 aromatic heterocycles. The van der Waals surface area contributed by atoms with E-state index >= 15 is 0 Å². The first-order valence-electron chi connectivity index (χ1n) is 7.53. The first kappa shape index (κ1) is 14.4. The van der Waals surface area contributed by atoms with Crippen molar-refractivity contribution in [1.29, 1.82) is 0 Å². The zero-order valence-electron chi connectivity index (χ0n) is 12.8. The van der Waals surface area contributed by atoms with Gasteiger partial charge < -0.3 is 15.4 Å². The predicted octanol–water partition coefficient (Wildman–Crippen LogP) is 3.58. The van der Waals surface area contributed by atoms with Crippen molar-refractivity contribution in [1.82, 2.24) is 5.32 Å². The lowest BCUT2D eigenvalue weighted by Gasteiger charge is -2.29. The minimum absolute atomic E-state index is 0.0713. The molecule has 0 bridgehead atoms. The van der Waals surface area contributed by atoms with Gasteiger partial charge in [0, 0.05) is 11.3 Å². The number of ether oxygens (including phenoxy) is 1. The lowest BCUT2D eigenvalue weighted by Crippen LogP contribution is -2.38. The van der Waals surface area contributed by atoms with E-state index in [1.807, 2.05) is 48.5 Å². The molecule has 1 heterocycles. The normalized spacial score (nSPS) is 16.7. The summed E-state index contributed by atoms with van der Waals surface area (Å²) in [5.74, 6) is 1.18. The quantitative estimate of drug-likeness (QED) is 0.906. The van der Waals surface area contributed by atoms with Gasteiger partial charge in [-0.25, -0.2) is 0 Å². The first-order chi connectivity index (χ1) is 10.6. The van der Waals surface area contributed by atoms with Crippen LogP contribution in [0.3, 0.4) is 0 Å². The van der Waals surface area contributed by atoms with Gasteiger partial charge in [0.2, 0.25) is 0 Å². The molecular weight excluding hydrogens is 276 g/mol. The van der Waals surface area contributed by atoms with Crippen molar-refractivity contribution in [3.05, 3.63) is 59.7 Å². The highest BCUT2D eigenvalue weighted by atomic mass is 16.5. The van der Waals surface area contributed by atoms with Crippen LogP contribution in [0.25, 0.3) is 0 Å². The summed E-state index contributed by atoms with van der Waals surface area (Å²) in [5.41, 5.74) is 2.44. The van der Waals surface area contributed by atoms with Crippen LogP contribution in [0.15, 0.2) is 48.5 Å². The molecule has 2 aromatic carbocycles. The lowest BCUT2D eigenvalue weighted by molar-refractivity contribution is 0.0935. The van der Waals surface area contributed by atoms with E-state index in [-0.39, 0.29) is 12.1 Å². The molecule has 1 aliphatic heterocycles. The van der Waals surface area contributed by atoms with Crippen molar-refractivity contribution >= 4 is 11.6 Å². The van der Waals surface area contributed by atoms with Crippen molar-refractivity contribution in [2.45, 2.75) is 20.0 Å². The van der Waals surface area contributed by atoms with Crippen LogP contribution < -0.4 is 15.4 Å². The Morgan fingerprint density at radius 3 is 2.59 bits per heavy atom. The minimum atomic E-state index is -0.286. The predicted molar refractivity (Wildman–Crippen MR) is 87.0 cm³/mol. The van der Waals surface area contributed by atoms with Crippen LogP contribution in [0.5, 0.6) is 5.75 Å². The number of amides is 1. The molecule has 4 nitrogen and oxygen atoms in total. The topological polar surface area (TPSA) is 50.4 Å². The molecule has 0 saturated heterocycles. The maximum absolute atomic E-state index is 12.3. The number of para-hydroxylation sites is 2. The van der Waals surface area contributed by atoms with Crippen LogP contribution >= 0.6 is 0 Å². The van der Waals surface area contributed by atoms with Crippen LogP contribution in [-0.2, 0) is 0 Å². The fraction of sp³-hybridized carbons (Fsp3) is 0.278. The third kappa shape index (κ3) is 2.91. The smallest absolute Gasteiger partial charge is 0.255 e. The van der Waals surface area contributed by atoms with Gasteiger partial charge in [0.1, 0.15) is 11.9 Å². The molecule has 1 aliphatic rings. The van der Waals surface area contributed by atoms with E-state index in [1.165, 1.54) is 0 Å². The third-order valence-electron chi connectivity index (χ3n) is 3.55. The summed E-state index contributed by atoms with van der Waals surface area (Å²) in [6.45, 7) is 4.87. The van der Waals surface area contributed by atoms with Crippen molar-refractivity contribution in [2.75, 3.05) is 11.9 Å². The van der Waals surface area contributed by atoms with Crippen LogP contribution in [0.2, 0.25) is 0 Å². The molecule has 1 amide bonds. The lowest BCUT2D eigenvalue weighted by atomic mass is 10.1. The Morgan fingerprint density at radius 2 is 1.77 bits per heavy atom. The highest BCUT2D eigenvalue weighted by molar-refractivity contribution is 6.01. The molecule has 1 atom stereocenters. The summed E-state index contributed by atoms with van der Waals surface area (Å²) < 4.78 is 5.88. The Morgan fingerprint density at radius 1 is 1.05 bits per heavy atom. The number of rotatable bonds is 4. The maximum Gasteiger partial charge on any atom is 0.255 e. The van der Waals surface area contributed by atoms with Gasteiger partial charge >= 0.3 is 0 Å². The molecule has 2 N–H and O–H groups in total. The molecule has 22 heavy (non-hydrogen) atoms. The summed E-state index contributed by atoms with van der Waals surface area (Å²) in [6, 6.07) is 15.3. The zero-order chi connectivity index (χ0) is 15.5. The van der Waals surface area contributed by atoms with Crippen molar-refractivity contribution in [2.24, 2.45) is 5.92 Å². The number of benzene rings is 2. The van der Waals surface area contributed by atoms with Crippen LogP contribution in [0.4, 0.5) is 5.69 Å². The van der Waals surface area contributed by atoms with Crippen LogP contribution in [0, 0.1) is 5.92 Å². The second-order valence-corrected chi connectivity index (χ2v) is 5.84. The minimum Gasteiger partial charge on any atom is -0.493 e. The van der Waals surface area contributed by atoms with Crippen molar-refractivity contribution in [3.63, 3.8) is 0 Å². The van der Waals surface area contributed by atoms with Gasteiger partial charge in [-0.05, 0) is 24.1 Å². The van der Waals surface area contributed by atoms with Gasteiger partial charge in [-0.1, -0.05) is 44.2 Å². The van der Waals surface area contributed by atoms with E-state index in [9.17, 15) is 4.79 Å². The number of hydrogen-bond donors (Lipinski definition) is 2. The van der Waals surface area contributed by atoms with Gasteiger partial charge in [0.25, 0.3) is 5.91 Å². The maximum atomic E-state index is 12.3. The fourth-order valence-corrected chi connectivity index (χ4v) is 2.47. The molecule has 0 fully saturated rings. The first-order valence-corrected chi connectivity index (χ1v) is 7.53. The van der Waals surface area contributed by atoms with E-state index in [1.54, 1.807) is 0 Å². The van der Waals surface area contributed by atoms with Crippen molar-refractivity contribution in [3.8, 4) is 5.75 Å². The Balaban J connectivity index is 1.88. The average molecular weight is 296 g/mol. The number of carbonyl (C=O) groups is 1. The number of carbonyl (C=O) groups excluding carboxylic acids is 1. The van der Waals surface area contributed by atoms with E-state index in [4.69, 9.17) is 4.74 Å². The Bertz CT molecular complexity index is 682. The Hall–Kier alpha value is -2.49. The molecule has 3 rings (SSSR count). The number of nitrogens with one attached hydrogen (secondary N) is 2. The zero-order valence-corrected chi connectivity index (χ0v) is 12.8. The van der Waals surface area contributed by atoms with Gasteiger partial charge in [-0.15, -0.1) is 0 Å². The van der Waals surface area contributed by atoms with E-state index in [2.05, 4.69) is 24.5 Å². The summed E-state index contributed by atoms with van der Waals surface area (Å²) in [4.78, 5) is 12.3. The molecule has 4 heteroatoms. The molecule has 2 aromatic rings. The van der Waals surface area contributed by atoms with Crippen LogP contribution in [-0.4, -0.2) is 12.5 Å².